The largest absolute Gasteiger partial charge is 0.497 e. The molecule has 0 aliphatic carbocycles. The number of rotatable bonds is 5. The van der Waals surface area contributed by atoms with Crippen LogP contribution in [0.2, 0.25) is 0 Å². The van der Waals surface area contributed by atoms with Crippen molar-refractivity contribution >= 4 is 10.0 Å². The van der Waals surface area contributed by atoms with E-state index in [0.717, 1.165) is 5.56 Å². The zero-order chi connectivity index (χ0) is 19.6. The van der Waals surface area contributed by atoms with Crippen molar-refractivity contribution in [3.05, 3.63) is 59.4 Å². The Morgan fingerprint density at radius 2 is 1.67 bits per heavy atom. The zero-order valence-corrected chi connectivity index (χ0v) is 16.7. The number of halogens is 1. The second-order valence-electron chi connectivity index (χ2n) is 6.80. The van der Waals surface area contributed by atoms with Crippen LogP contribution in [-0.4, -0.2) is 50.9 Å². The van der Waals surface area contributed by atoms with Gasteiger partial charge in [-0.25, -0.2) is 12.8 Å². The van der Waals surface area contributed by atoms with Gasteiger partial charge in [0.05, 0.1) is 12.0 Å². The van der Waals surface area contributed by atoms with Crippen molar-refractivity contribution in [3.63, 3.8) is 0 Å². The summed E-state index contributed by atoms with van der Waals surface area (Å²) < 4.78 is 45.9. The molecule has 146 valence electrons. The number of piperazine rings is 1. The number of methoxy groups -OCH3 is 1. The van der Waals surface area contributed by atoms with Crippen LogP contribution in [0.15, 0.2) is 47.4 Å². The molecule has 0 radical (unpaired) electrons. The molecule has 0 saturated carbocycles. The quantitative estimate of drug-likeness (QED) is 0.784. The van der Waals surface area contributed by atoms with E-state index in [2.05, 4.69) is 11.8 Å². The molecule has 3 rings (SSSR count). The van der Waals surface area contributed by atoms with Crippen molar-refractivity contribution < 1.29 is 17.5 Å². The molecule has 1 aliphatic rings. The van der Waals surface area contributed by atoms with E-state index in [9.17, 15) is 12.8 Å². The third-order valence-electron chi connectivity index (χ3n) is 5.17. The highest BCUT2D eigenvalue weighted by Crippen LogP contribution is 2.27. The van der Waals surface area contributed by atoms with E-state index in [1.165, 1.54) is 16.4 Å². The minimum Gasteiger partial charge on any atom is -0.497 e. The van der Waals surface area contributed by atoms with Crippen molar-refractivity contribution in [3.8, 4) is 5.75 Å². The Hall–Kier alpha value is -1.96. The monoisotopic (exact) mass is 392 g/mol. The average Bonchev–Trinajstić information content (AvgIpc) is 2.67. The summed E-state index contributed by atoms with van der Waals surface area (Å²) in [5, 5.41) is 0. The van der Waals surface area contributed by atoms with Gasteiger partial charge in [0.1, 0.15) is 11.6 Å². The summed E-state index contributed by atoms with van der Waals surface area (Å²) >= 11 is 0. The van der Waals surface area contributed by atoms with Crippen molar-refractivity contribution in [2.75, 3.05) is 33.3 Å². The molecular formula is C20H25FN2O3S. The summed E-state index contributed by atoms with van der Waals surface area (Å²) in [6, 6.07) is 11.6. The van der Waals surface area contributed by atoms with Gasteiger partial charge in [0.25, 0.3) is 0 Å². The van der Waals surface area contributed by atoms with Crippen LogP contribution in [-0.2, 0) is 10.0 Å². The first-order valence-electron chi connectivity index (χ1n) is 8.97. The fourth-order valence-corrected chi connectivity index (χ4v) is 5.09. The third kappa shape index (κ3) is 4.15. The highest BCUT2D eigenvalue weighted by Gasteiger charge is 2.31. The van der Waals surface area contributed by atoms with E-state index in [1.54, 1.807) is 44.4 Å². The van der Waals surface area contributed by atoms with Crippen LogP contribution in [0.3, 0.4) is 0 Å². The minimum absolute atomic E-state index is 0.109. The summed E-state index contributed by atoms with van der Waals surface area (Å²) in [7, 11) is -1.98. The van der Waals surface area contributed by atoms with Crippen molar-refractivity contribution in [1.82, 2.24) is 9.21 Å². The maximum absolute atomic E-state index is 13.1. The van der Waals surface area contributed by atoms with Gasteiger partial charge in [0.15, 0.2) is 0 Å². The number of sulfonamides is 1. The Balaban J connectivity index is 1.70. The predicted octanol–water partition coefficient (Wildman–Crippen LogP) is 3.21. The van der Waals surface area contributed by atoms with Gasteiger partial charge in [-0.15, -0.1) is 0 Å². The van der Waals surface area contributed by atoms with Gasteiger partial charge in [-0.3, -0.25) is 4.90 Å². The van der Waals surface area contributed by atoms with Crippen molar-refractivity contribution in [1.29, 1.82) is 0 Å². The van der Waals surface area contributed by atoms with Crippen LogP contribution in [0.5, 0.6) is 5.75 Å². The maximum atomic E-state index is 13.1. The molecule has 1 saturated heterocycles. The summed E-state index contributed by atoms with van der Waals surface area (Å²) in [5.41, 5.74) is 1.70. The standard InChI is InChI=1S/C20H25FN2O3S/c1-15-14-19(26-3)8-9-20(15)27(24,25)23-12-10-22(11-13-23)16(2)17-4-6-18(21)7-5-17/h4-9,14,16H,10-13H2,1-3H3/t16-/m0/s1. The Morgan fingerprint density at radius 1 is 1.04 bits per heavy atom. The molecule has 1 fully saturated rings. The second kappa shape index (κ2) is 7.96. The maximum Gasteiger partial charge on any atom is 0.243 e. The SMILES string of the molecule is COc1ccc(S(=O)(=O)N2CCN([C@@H](C)c3ccc(F)cc3)CC2)c(C)c1. The highest BCUT2D eigenvalue weighted by molar-refractivity contribution is 7.89. The molecule has 2 aromatic rings. The van der Waals surface area contributed by atoms with Gasteiger partial charge in [-0.2, -0.15) is 4.31 Å². The van der Waals surface area contributed by atoms with Gasteiger partial charge in [0, 0.05) is 32.2 Å². The number of ether oxygens (including phenoxy) is 1. The molecule has 5 nitrogen and oxygen atoms in total. The van der Waals surface area contributed by atoms with Crippen LogP contribution in [0, 0.1) is 12.7 Å². The summed E-state index contributed by atoms with van der Waals surface area (Å²) in [4.78, 5) is 2.54. The van der Waals surface area contributed by atoms with E-state index in [0.29, 0.717) is 42.4 Å². The average molecular weight is 392 g/mol. The van der Waals surface area contributed by atoms with E-state index < -0.39 is 10.0 Å². The summed E-state index contributed by atoms with van der Waals surface area (Å²) in [6.07, 6.45) is 0. The molecule has 0 amide bonds. The molecule has 1 aliphatic heterocycles. The van der Waals surface area contributed by atoms with E-state index in [-0.39, 0.29) is 11.9 Å². The lowest BCUT2D eigenvalue weighted by Crippen LogP contribution is -2.49. The fourth-order valence-electron chi connectivity index (χ4n) is 3.46. The number of aryl methyl sites for hydroxylation is 1. The van der Waals surface area contributed by atoms with Gasteiger partial charge < -0.3 is 4.74 Å². The van der Waals surface area contributed by atoms with E-state index in [4.69, 9.17) is 4.74 Å². The number of hydrogen-bond acceptors (Lipinski definition) is 4. The first-order valence-corrected chi connectivity index (χ1v) is 10.4. The van der Waals surface area contributed by atoms with E-state index >= 15 is 0 Å². The van der Waals surface area contributed by atoms with Crippen LogP contribution in [0.4, 0.5) is 4.39 Å². The molecule has 2 aromatic carbocycles. The lowest BCUT2D eigenvalue weighted by atomic mass is 10.1. The topological polar surface area (TPSA) is 49.9 Å². The van der Waals surface area contributed by atoms with Gasteiger partial charge >= 0.3 is 0 Å². The first-order chi connectivity index (χ1) is 12.8. The molecule has 27 heavy (non-hydrogen) atoms. The second-order valence-corrected chi connectivity index (χ2v) is 8.71. The number of hydrogen-bond donors (Lipinski definition) is 0. The van der Waals surface area contributed by atoms with E-state index in [1.807, 2.05) is 0 Å². The zero-order valence-electron chi connectivity index (χ0n) is 15.9. The smallest absolute Gasteiger partial charge is 0.243 e. The third-order valence-corrected chi connectivity index (χ3v) is 7.23. The normalized spacial score (nSPS) is 17.6. The molecular weight excluding hydrogens is 367 g/mol. The molecule has 1 heterocycles. The highest BCUT2D eigenvalue weighted by atomic mass is 32.2. The Bertz CT molecular complexity index is 892. The molecule has 1 atom stereocenters. The predicted molar refractivity (Wildman–Crippen MR) is 103 cm³/mol. The molecule has 0 N–H and O–H groups in total. The lowest BCUT2D eigenvalue weighted by molar-refractivity contribution is 0.146. The minimum atomic E-state index is -3.54. The Kier molecular flexibility index (Phi) is 5.83. The molecule has 0 aromatic heterocycles. The van der Waals surface area contributed by atoms with Gasteiger partial charge in [0.2, 0.25) is 10.0 Å². The number of benzene rings is 2. The van der Waals surface area contributed by atoms with Crippen LogP contribution in [0.25, 0.3) is 0 Å². The Labute approximate surface area is 160 Å². The van der Waals surface area contributed by atoms with Gasteiger partial charge in [-0.05, 0) is 55.3 Å². The molecule has 7 heteroatoms. The van der Waals surface area contributed by atoms with Crippen molar-refractivity contribution in [2.45, 2.75) is 24.8 Å². The summed E-state index contributed by atoms with van der Waals surface area (Å²) in [6.45, 7) is 5.96. The molecule has 0 unspecified atom stereocenters. The van der Waals surface area contributed by atoms with Gasteiger partial charge in [-0.1, -0.05) is 12.1 Å². The van der Waals surface area contributed by atoms with Crippen molar-refractivity contribution in [2.24, 2.45) is 0 Å². The lowest BCUT2D eigenvalue weighted by Gasteiger charge is -2.37. The fraction of sp³-hybridized carbons (Fsp3) is 0.400. The van der Waals surface area contributed by atoms with Crippen LogP contribution in [0.1, 0.15) is 24.1 Å². The number of nitrogens with zero attached hydrogens (tertiary/aromatic N) is 2. The first kappa shape index (κ1) is 19.8. The van der Waals surface area contributed by atoms with Crippen LogP contribution >= 0.6 is 0 Å². The van der Waals surface area contributed by atoms with Crippen LogP contribution < -0.4 is 4.74 Å². The Morgan fingerprint density at radius 3 is 2.22 bits per heavy atom. The molecule has 0 spiro atoms. The molecule has 0 bridgehead atoms. The summed E-state index contributed by atoms with van der Waals surface area (Å²) in [5.74, 6) is 0.390.